The van der Waals surface area contributed by atoms with E-state index in [1.807, 2.05) is 13.8 Å². The molecule has 25 heavy (non-hydrogen) atoms. The third-order valence-corrected chi connectivity index (χ3v) is 3.35. The van der Waals surface area contributed by atoms with Gasteiger partial charge in [-0.3, -0.25) is 4.79 Å². The fraction of sp³-hybridized carbons (Fsp3) is 0.211. The van der Waals surface area contributed by atoms with E-state index in [1.165, 1.54) is 24.3 Å². The molecule has 0 aliphatic carbocycles. The van der Waals surface area contributed by atoms with E-state index in [1.54, 1.807) is 12.1 Å². The molecule has 0 bridgehead atoms. The molecule has 0 aliphatic rings. The first-order valence-corrected chi connectivity index (χ1v) is 7.83. The van der Waals surface area contributed by atoms with Gasteiger partial charge in [-0.05, 0) is 38.1 Å². The molecule has 1 aromatic heterocycles. The van der Waals surface area contributed by atoms with E-state index in [0.29, 0.717) is 5.56 Å². The highest BCUT2D eigenvalue weighted by Crippen LogP contribution is 2.30. The second kappa shape index (κ2) is 8.21. The number of hydrogen-bond acceptors (Lipinski definition) is 6. The fourth-order valence-corrected chi connectivity index (χ4v) is 2.23. The number of aromatic hydroxyl groups is 3. The molecule has 0 saturated carbocycles. The van der Waals surface area contributed by atoms with Crippen LogP contribution in [-0.4, -0.2) is 28.5 Å². The van der Waals surface area contributed by atoms with Crippen molar-refractivity contribution in [2.45, 2.75) is 13.8 Å². The normalized spacial score (nSPS) is 10.3. The van der Waals surface area contributed by atoms with E-state index in [4.69, 9.17) is 9.15 Å². The molecular weight excluding hydrogens is 324 g/mol. The van der Waals surface area contributed by atoms with Crippen LogP contribution in [0.4, 0.5) is 0 Å². The zero-order chi connectivity index (χ0) is 18.4. The molecule has 3 rings (SSSR count). The summed E-state index contributed by atoms with van der Waals surface area (Å²) in [5, 5.41) is 28.4. The highest BCUT2D eigenvalue weighted by molar-refractivity contribution is 5.85. The molecule has 0 radical (unpaired) electrons. The summed E-state index contributed by atoms with van der Waals surface area (Å²) in [6.45, 7) is 5.67. The third kappa shape index (κ3) is 4.51. The van der Waals surface area contributed by atoms with Crippen LogP contribution >= 0.6 is 0 Å². The Bertz CT molecular complexity index is 894. The Morgan fingerprint density at radius 1 is 0.920 bits per heavy atom. The minimum atomic E-state index is -0.410. The van der Waals surface area contributed by atoms with E-state index in [2.05, 4.69) is 0 Å². The lowest BCUT2D eigenvalue weighted by Crippen LogP contribution is -2.00. The molecule has 0 fully saturated rings. The lowest BCUT2D eigenvalue weighted by molar-refractivity contribution is 0.162. The Balaban J connectivity index is 0.000000399. The molecule has 132 valence electrons. The van der Waals surface area contributed by atoms with Crippen LogP contribution in [-0.2, 0) is 4.74 Å². The van der Waals surface area contributed by atoms with E-state index in [-0.39, 0.29) is 34.0 Å². The van der Waals surface area contributed by atoms with E-state index in [9.17, 15) is 20.1 Å². The molecule has 0 unspecified atom stereocenters. The first-order valence-electron chi connectivity index (χ1n) is 7.83. The topological polar surface area (TPSA) is 100 Å². The van der Waals surface area contributed by atoms with Gasteiger partial charge in [-0.15, -0.1) is 0 Å². The minimum Gasteiger partial charge on any atom is -0.508 e. The number of ether oxygens (including phenoxy) is 1. The second-order valence-corrected chi connectivity index (χ2v) is 5.14. The molecule has 0 saturated heterocycles. The quantitative estimate of drug-likeness (QED) is 0.671. The third-order valence-electron chi connectivity index (χ3n) is 3.35. The van der Waals surface area contributed by atoms with Crippen LogP contribution < -0.4 is 5.43 Å². The molecule has 0 atom stereocenters. The average Bonchev–Trinajstić information content (AvgIpc) is 2.55. The number of phenols is 3. The molecule has 2 aromatic carbocycles. The average molecular weight is 344 g/mol. The molecule has 3 N–H and O–H groups in total. The fourth-order valence-electron chi connectivity index (χ4n) is 2.23. The maximum atomic E-state index is 12.0. The summed E-state index contributed by atoms with van der Waals surface area (Å²) in [4.78, 5) is 12.0. The Labute approximate surface area is 144 Å². The first kappa shape index (κ1) is 18.4. The largest absolute Gasteiger partial charge is 0.508 e. The molecule has 6 heteroatoms. The van der Waals surface area contributed by atoms with Gasteiger partial charge >= 0.3 is 0 Å². The van der Waals surface area contributed by atoms with Crippen LogP contribution in [0.25, 0.3) is 22.3 Å². The Hall–Kier alpha value is -2.99. The highest BCUT2D eigenvalue weighted by atomic mass is 16.5. The summed E-state index contributed by atoms with van der Waals surface area (Å²) in [6, 6.07) is 9.74. The minimum absolute atomic E-state index is 0.0188. The van der Waals surface area contributed by atoms with Crippen LogP contribution in [0, 0.1) is 0 Å². The van der Waals surface area contributed by atoms with Crippen LogP contribution in [0.15, 0.2) is 51.7 Å². The van der Waals surface area contributed by atoms with E-state index in [0.717, 1.165) is 19.3 Å². The van der Waals surface area contributed by atoms with Crippen molar-refractivity contribution in [1.29, 1.82) is 0 Å². The lowest BCUT2D eigenvalue weighted by Gasteiger charge is -2.05. The van der Waals surface area contributed by atoms with Crippen molar-refractivity contribution in [3.8, 4) is 28.6 Å². The predicted octanol–water partition coefficient (Wildman–Crippen LogP) is 3.62. The van der Waals surface area contributed by atoms with Gasteiger partial charge in [0.1, 0.15) is 34.0 Å². The van der Waals surface area contributed by atoms with Gasteiger partial charge in [0.05, 0.1) is 0 Å². The van der Waals surface area contributed by atoms with Gasteiger partial charge in [0.25, 0.3) is 0 Å². The molecule has 3 aromatic rings. The summed E-state index contributed by atoms with van der Waals surface area (Å²) in [6.07, 6.45) is 0. The summed E-state index contributed by atoms with van der Waals surface area (Å²) >= 11 is 0. The van der Waals surface area contributed by atoms with Crippen molar-refractivity contribution in [1.82, 2.24) is 0 Å². The van der Waals surface area contributed by atoms with Crippen molar-refractivity contribution in [2.24, 2.45) is 0 Å². The second-order valence-electron chi connectivity index (χ2n) is 5.14. The van der Waals surface area contributed by atoms with Gasteiger partial charge in [-0.1, -0.05) is 0 Å². The summed E-state index contributed by atoms with van der Waals surface area (Å²) in [7, 11) is 0. The van der Waals surface area contributed by atoms with Crippen molar-refractivity contribution < 1.29 is 24.5 Å². The smallest absolute Gasteiger partial charge is 0.197 e. The van der Waals surface area contributed by atoms with Gasteiger partial charge in [0, 0.05) is 37.0 Å². The zero-order valence-corrected chi connectivity index (χ0v) is 14.0. The summed E-state index contributed by atoms with van der Waals surface area (Å²) in [5.74, 6) is -0.133. The summed E-state index contributed by atoms with van der Waals surface area (Å²) < 4.78 is 10.4. The monoisotopic (exact) mass is 344 g/mol. The maximum absolute atomic E-state index is 12.0. The van der Waals surface area contributed by atoms with Crippen molar-refractivity contribution in [2.75, 3.05) is 13.2 Å². The summed E-state index contributed by atoms with van der Waals surface area (Å²) in [5.41, 5.74) is 0.287. The van der Waals surface area contributed by atoms with Crippen molar-refractivity contribution in [3.63, 3.8) is 0 Å². The van der Waals surface area contributed by atoms with Gasteiger partial charge in [0.2, 0.25) is 0 Å². The van der Waals surface area contributed by atoms with Crippen molar-refractivity contribution >= 4 is 11.0 Å². The van der Waals surface area contributed by atoms with Gasteiger partial charge in [-0.25, -0.2) is 0 Å². The lowest BCUT2D eigenvalue weighted by atomic mass is 10.1. The molecule has 6 nitrogen and oxygen atoms in total. The Morgan fingerprint density at radius 2 is 1.56 bits per heavy atom. The number of fused-ring (bicyclic) bond motifs is 1. The van der Waals surface area contributed by atoms with Crippen molar-refractivity contribution in [3.05, 3.63) is 52.7 Å². The SMILES string of the molecule is CCOCC.O=c1cc(-c2ccc(O)cc2)oc2cc(O)cc(O)c12. The number of rotatable bonds is 3. The highest BCUT2D eigenvalue weighted by Gasteiger charge is 2.12. The standard InChI is InChI=1S/C15H10O5.C4H10O/c16-9-3-1-8(2-4-9)13-7-12(19)15-11(18)5-10(17)6-14(15)20-13;1-3-5-4-2/h1-7,16-18H;3-4H2,1-2H3. The van der Waals surface area contributed by atoms with Crippen LogP contribution in [0.1, 0.15) is 13.8 Å². The zero-order valence-electron chi connectivity index (χ0n) is 14.0. The Kier molecular flexibility index (Phi) is 6.03. The van der Waals surface area contributed by atoms with Gasteiger partial charge in [-0.2, -0.15) is 0 Å². The number of hydrogen-bond donors (Lipinski definition) is 3. The van der Waals surface area contributed by atoms with E-state index < -0.39 is 5.43 Å². The van der Waals surface area contributed by atoms with Gasteiger partial charge in [0.15, 0.2) is 5.43 Å². The molecular formula is C19H20O6. The number of phenolic OH excluding ortho intramolecular Hbond substituents is 3. The van der Waals surface area contributed by atoms with Crippen LogP contribution in [0.3, 0.4) is 0 Å². The Morgan fingerprint density at radius 3 is 2.12 bits per heavy atom. The van der Waals surface area contributed by atoms with E-state index >= 15 is 0 Å². The molecule has 0 amide bonds. The predicted molar refractivity (Wildman–Crippen MR) is 95.1 cm³/mol. The van der Waals surface area contributed by atoms with Gasteiger partial charge < -0.3 is 24.5 Å². The van der Waals surface area contributed by atoms with Crippen LogP contribution in [0.5, 0.6) is 17.2 Å². The number of benzene rings is 2. The maximum Gasteiger partial charge on any atom is 0.197 e. The van der Waals surface area contributed by atoms with Crippen LogP contribution in [0.2, 0.25) is 0 Å². The first-order chi connectivity index (χ1) is 12.0. The molecule has 0 spiro atoms. The molecule has 0 aliphatic heterocycles. The molecule has 1 heterocycles.